The van der Waals surface area contributed by atoms with Crippen molar-refractivity contribution in [2.24, 2.45) is 10.2 Å². The van der Waals surface area contributed by atoms with Crippen molar-refractivity contribution in [3.8, 4) is 11.2 Å². The van der Waals surface area contributed by atoms with Crippen molar-refractivity contribution in [1.82, 2.24) is 14.8 Å². The number of anilines is 4. The summed E-state index contributed by atoms with van der Waals surface area (Å²) in [5.74, 6) is -0.408. The van der Waals surface area contributed by atoms with Gasteiger partial charge in [-0.1, -0.05) is 0 Å². The highest BCUT2D eigenvalue weighted by atomic mass is 32.1. The van der Waals surface area contributed by atoms with E-state index in [1.54, 1.807) is 18.5 Å². The molecule has 3 aromatic carbocycles. The maximum absolute atomic E-state index is 13.3. The van der Waals surface area contributed by atoms with Crippen molar-refractivity contribution in [2.45, 2.75) is 26.2 Å². The van der Waals surface area contributed by atoms with Crippen molar-refractivity contribution >= 4 is 51.5 Å². The molecule has 0 bridgehead atoms. The Kier molecular flexibility index (Phi) is 8.62. The largest absolute Gasteiger partial charge is 0.416 e. The number of nitriles is 1. The molecule has 1 N–H and O–H groups in total. The minimum Gasteiger partial charge on any atom is -0.324 e. The van der Waals surface area contributed by atoms with Crippen LogP contribution < -0.4 is 10.2 Å². The van der Waals surface area contributed by atoms with E-state index in [2.05, 4.69) is 25.6 Å². The van der Waals surface area contributed by atoms with Crippen molar-refractivity contribution < 1.29 is 31.1 Å². The summed E-state index contributed by atoms with van der Waals surface area (Å²) in [7, 11) is 0. The Hall–Kier alpha value is -5.56. The maximum Gasteiger partial charge on any atom is 0.416 e. The summed E-state index contributed by atoms with van der Waals surface area (Å²) in [6.07, 6.45) is -7.67. The van der Waals surface area contributed by atoms with E-state index in [4.69, 9.17) is 0 Å². The maximum atomic E-state index is 13.3. The van der Waals surface area contributed by atoms with Crippen LogP contribution >= 0.6 is 11.3 Å². The highest BCUT2D eigenvalue weighted by molar-refractivity contribution is 7.12. The molecule has 2 aromatic heterocycles. The Morgan fingerprint density at radius 3 is 1.96 bits per heavy atom. The van der Waals surface area contributed by atoms with Crippen LogP contribution in [0.4, 0.5) is 60.6 Å². The first kappa shape index (κ1) is 31.9. The second-order valence-electron chi connectivity index (χ2n) is 9.63. The smallest absolute Gasteiger partial charge is 0.324 e. The predicted molar refractivity (Wildman–Crippen MR) is 158 cm³/mol. The number of hydrogen-bond acceptors (Lipinski definition) is 8. The van der Waals surface area contributed by atoms with Crippen molar-refractivity contribution in [2.75, 3.05) is 10.2 Å². The van der Waals surface area contributed by atoms with Gasteiger partial charge in [0.05, 0.1) is 22.5 Å². The van der Waals surface area contributed by atoms with E-state index in [0.717, 1.165) is 24.3 Å². The molecule has 0 radical (unpaired) electrons. The number of rotatable bonds is 7. The number of nitrogens with one attached hydrogen (secondary N) is 1. The molecule has 9 nitrogen and oxygen atoms in total. The van der Waals surface area contributed by atoms with Gasteiger partial charge in [-0.15, -0.1) is 21.6 Å². The van der Waals surface area contributed by atoms with Gasteiger partial charge in [0.2, 0.25) is 11.0 Å². The minimum absolute atomic E-state index is 0.0870. The van der Waals surface area contributed by atoms with Gasteiger partial charge in [0.1, 0.15) is 17.3 Å². The third-order valence-electron chi connectivity index (χ3n) is 6.46. The number of nitrogens with zero attached hydrogens (tertiary/aromatic N) is 7. The molecular formula is C30H20F6N8OS. The zero-order chi connectivity index (χ0) is 33.2. The standard InChI is InChI=1S/C30H20F6N8OS/c1-17-24(16-37)27(44(42-17)28-38-13-14-46-28)41-40-25-12-11-23(15-26(25)39-18(2)45)43(21-7-3-19(4-8-21)29(31,32)33)22-9-5-20(6-10-22)30(34,35)36/h3-15H,1-2H3,(H,39,45). The summed E-state index contributed by atoms with van der Waals surface area (Å²) in [4.78, 5) is 17.8. The van der Waals surface area contributed by atoms with Crippen LogP contribution in [-0.4, -0.2) is 20.7 Å². The van der Waals surface area contributed by atoms with Crippen LogP contribution in [0.15, 0.2) is 88.5 Å². The lowest BCUT2D eigenvalue weighted by Gasteiger charge is -2.27. The van der Waals surface area contributed by atoms with E-state index < -0.39 is 29.4 Å². The number of azo groups is 1. The number of aryl methyl sites for hydroxylation is 1. The van der Waals surface area contributed by atoms with Crippen LogP contribution in [0.1, 0.15) is 29.3 Å². The second kappa shape index (κ2) is 12.4. The number of aromatic nitrogens is 3. The van der Waals surface area contributed by atoms with Crippen molar-refractivity contribution in [1.29, 1.82) is 5.26 Å². The molecule has 16 heteroatoms. The summed E-state index contributed by atoms with van der Waals surface area (Å²) in [6.45, 7) is 2.86. The first-order chi connectivity index (χ1) is 21.8. The van der Waals surface area contributed by atoms with E-state index >= 15 is 0 Å². The Labute approximate surface area is 261 Å². The molecule has 0 spiro atoms. The second-order valence-corrected chi connectivity index (χ2v) is 10.5. The molecular weight excluding hydrogens is 634 g/mol. The highest BCUT2D eigenvalue weighted by Crippen LogP contribution is 2.41. The SMILES string of the molecule is CC(=O)Nc1cc(N(c2ccc(C(F)(F)F)cc2)c2ccc(C(F)(F)F)cc2)ccc1N=Nc1c(C#N)c(C)nn1-c1nccs1. The van der Waals surface area contributed by atoms with Crippen LogP contribution in [0.5, 0.6) is 0 Å². The van der Waals surface area contributed by atoms with E-state index in [9.17, 15) is 36.4 Å². The molecule has 0 saturated carbocycles. The van der Waals surface area contributed by atoms with Gasteiger partial charge in [0.25, 0.3) is 0 Å². The predicted octanol–water partition coefficient (Wildman–Crippen LogP) is 9.39. The summed E-state index contributed by atoms with van der Waals surface area (Å²) in [6, 6.07) is 14.6. The molecule has 46 heavy (non-hydrogen) atoms. The molecule has 0 saturated heterocycles. The Bertz CT molecular complexity index is 1880. The minimum atomic E-state index is -4.61. The number of benzene rings is 3. The van der Waals surface area contributed by atoms with Crippen LogP contribution in [0.3, 0.4) is 0 Å². The van der Waals surface area contributed by atoms with Gasteiger partial charge in [-0.05, 0) is 73.7 Å². The Balaban J connectivity index is 1.62. The first-order valence-corrected chi connectivity index (χ1v) is 14.0. The summed E-state index contributed by atoms with van der Waals surface area (Å²) in [5, 5.41) is 27.3. The summed E-state index contributed by atoms with van der Waals surface area (Å²) in [5.41, 5.74) is -0.400. The number of amides is 1. The van der Waals surface area contributed by atoms with Gasteiger partial charge in [0, 0.05) is 35.6 Å². The number of halogens is 6. The van der Waals surface area contributed by atoms with E-state index in [1.165, 1.54) is 70.3 Å². The zero-order valence-electron chi connectivity index (χ0n) is 23.7. The number of alkyl halides is 6. The zero-order valence-corrected chi connectivity index (χ0v) is 24.5. The molecule has 0 fully saturated rings. The quantitative estimate of drug-likeness (QED) is 0.139. The Morgan fingerprint density at radius 1 is 0.913 bits per heavy atom. The summed E-state index contributed by atoms with van der Waals surface area (Å²) >= 11 is 1.25. The molecule has 0 atom stereocenters. The van der Waals surface area contributed by atoms with Gasteiger partial charge in [-0.25, -0.2) is 4.98 Å². The number of carbonyl (C=O) groups excluding carboxylic acids is 1. The van der Waals surface area contributed by atoms with Crippen molar-refractivity contribution in [3.63, 3.8) is 0 Å². The van der Waals surface area contributed by atoms with Crippen LogP contribution in [0.25, 0.3) is 5.13 Å². The highest BCUT2D eigenvalue weighted by Gasteiger charge is 2.32. The van der Waals surface area contributed by atoms with Gasteiger partial charge in [0.15, 0.2) is 5.82 Å². The monoisotopic (exact) mass is 654 g/mol. The molecule has 0 aliphatic carbocycles. The van der Waals surface area contributed by atoms with Gasteiger partial charge >= 0.3 is 12.4 Å². The number of carbonyl (C=O) groups is 1. The molecule has 234 valence electrons. The fourth-order valence-electron chi connectivity index (χ4n) is 4.38. The van der Waals surface area contributed by atoms with Gasteiger partial charge < -0.3 is 10.2 Å². The average Bonchev–Trinajstić information content (AvgIpc) is 3.64. The number of thiazole rings is 1. The summed E-state index contributed by atoms with van der Waals surface area (Å²) < 4.78 is 81.1. The molecule has 1 amide bonds. The molecule has 2 heterocycles. The fourth-order valence-corrected chi connectivity index (χ4v) is 4.97. The topological polar surface area (TPSA) is 112 Å². The Morgan fingerprint density at radius 2 is 1.48 bits per heavy atom. The molecule has 0 aliphatic rings. The van der Waals surface area contributed by atoms with Gasteiger partial charge in [-0.2, -0.15) is 41.4 Å². The van der Waals surface area contributed by atoms with Crippen LogP contribution in [0, 0.1) is 18.3 Å². The lowest BCUT2D eigenvalue weighted by Crippen LogP contribution is -2.13. The third kappa shape index (κ3) is 6.74. The molecule has 5 aromatic rings. The molecule has 0 aliphatic heterocycles. The molecule has 0 unspecified atom stereocenters. The van der Waals surface area contributed by atoms with E-state index in [-0.39, 0.29) is 39.8 Å². The van der Waals surface area contributed by atoms with Crippen LogP contribution in [0.2, 0.25) is 0 Å². The first-order valence-electron chi connectivity index (χ1n) is 13.1. The molecule has 5 rings (SSSR count). The van der Waals surface area contributed by atoms with Gasteiger partial charge in [-0.3, -0.25) is 4.79 Å². The average molecular weight is 655 g/mol. The lowest BCUT2D eigenvalue weighted by molar-refractivity contribution is -0.138. The fraction of sp³-hybridized carbons (Fsp3) is 0.133. The number of hydrogen-bond donors (Lipinski definition) is 1. The van der Waals surface area contributed by atoms with E-state index in [1.807, 2.05) is 6.07 Å². The van der Waals surface area contributed by atoms with E-state index in [0.29, 0.717) is 10.8 Å². The lowest BCUT2D eigenvalue weighted by atomic mass is 10.1. The third-order valence-corrected chi connectivity index (χ3v) is 7.20. The van der Waals surface area contributed by atoms with Crippen molar-refractivity contribution in [3.05, 3.63) is 101 Å². The normalized spacial score (nSPS) is 11.9. The van der Waals surface area contributed by atoms with Crippen LogP contribution in [-0.2, 0) is 17.1 Å².